The number of halogens is 3. The number of carbonyl (C=O) groups excluding carboxylic acids is 1. The second-order valence-corrected chi connectivity index (χ2v) is 4.72. The third kappa shape index (κ3) is 6.63. The number of alkyl halides is 1. The van der Waals surface area contributed by atoms with Crippen LogP contribution in [0.2, 0.25) is 0 Å². The molecule has 0 spiro atoms. The molecule has 1 rings (SSSR count). The first-order chi connectivity index (χ1) is 9.13. The topological polar surface area (TPSA) is 38.3 Å². The van der Waals surface area contributed by atoms with Gasteiger partial charge in [-0.2, -0.15) is 0 Å². The molecule has 0 heterocycles. The monoisotopic (exact) mass is 335 g/mol. The average molecular weight is 336 g/mol. The quantitative estimate of drug-likeness (QED) is 0.585. The van der Waals surface area contributed by atoms with Crippen molar-refractivity contribution in [1.82, 2.24) is 5.32 Å². The maximum atomic E-state index is 12.9. The Morgan fingerprint density at radius 2 is 2.05 bits per heavy atom. The van der Waals surface area contributed by atoms with E-state index in [1.54, 1.807) is 0 Å². The molecule has 0 aliphatic rings. The van der Waals surface area contributed by atoms with Gasteiger partial charge in [0, 0.05) is 18.5 Å². The molecule has 0 saturated carbocycles. The van der Waals surface area contributed by atoms with Gasteiger partial charge >= 0.3 is 0 Å². The Morgan fingerprint density at radius 1 is 1.26 bits per heavy atom. The molecule has 0 aromatic heterocycles. The lowest BCUT2D eigenvalue weighted by molar-refractivity contribution is -0.120. The zero-order chi connectivity index (χ0) is 14.1. The van der Waals surface area contributed by atoms with E-state index in [0.29, 0.717) is 25.3 Å². The van der Waals surface area contributed by atoms with Gasteiger partial charge in [-0.25, -0.2) is 8.78 Å². The lowest BCUT2D eigenvalue weighted by atomic mass is 10.1. The van der Waals surface area contributed by atoms with Crippen molar-refractivity contribution in [2.24, 2.45) is 0 Å². The van der Waals surface area contributed by atoms with Gasteiger partial charge in [-0.05, 0) is 24.1 Å². The highest BCUT2D eigenvalue weighted by Gasteiger charge is 2.06. The summed E-state index contributed by atoms with van der Waals surface area (Å²) in [5.41, 5.74) is 0.451. The van der Waals surface area contributed by atoms with Gasteiger partial charge in [0.2, 0.25) is 5.91 Å². The van der Waals surface area contributed by atoms with Crippen LogP contribution in [0.3, 0.4) is 0 Å². The number of amides is 1. The van der Waals surface area contributed by atoms with Crippen molar-refractivity contribution in [2.75, 3.05) is 25.1 Å². The van der Waals surface area contributed by atoms with Crippen molar-refractivity contribution in [3.63, 3.8) is 0 Å². The molecule has 0 atom stereocenters. The van der Waals surface area contributed by atoms with E-state index >= 15 is 0 Å². The van der Waals surface area contributed by atoms with Gasteiger partial charge in [-0.15, -0.1) is 0 Å². The third-order valence-electron chi connectivity index (χ3n) is 2.36. The van der Waals surface area contributed by atoms with E-state index in [1.165, 1.54) is 6.07 Å². The van der Waals surface area contributed by atoms with Crippen molar-refractivity contribution < 1.29 is 18.3 Å². The predicted octanol–water partition coefficient (Wildman–Crippen LogP) is 2.43. The number of nitrogens with one attached hydrogen (secondary N) is 1. The van der Waals surface area contributed by atoms with Crippen molar-refractivity contribution in [2.45, 2.75) is 12.8 Å². The fourth-order valence-corrected chi connectivity index (χ4v) is 1.69. The fourth-order valence-electron chi connectivity index (χ4n) is 1.46. The number of hydrogen-bond acceptors (Lipinski definition) is 2. The van der Waals surface area contributed by atoms with E-state index in [0.717, 1.165) is 23.9 Å². The highest BCUT2D eigenvalue weighted by atomic mass is 79.9. The molecule has 1 aromatic carbocycles. The average Bonchev–Trinajstić information content (AvgIpc) is 2.38. The SMILES string of the molecule is O=C(Cc1ccc(F)c(F)c1)NCCCOCCBr. The Hall–Kier alpha value is -1.01. The van der Waals surface area contributed by atoms with E-state index in [9.17, 15) is 13.6 Å². The van der Waals surface area contributed by atoms with E-state index < -0.39 is 11.6 Å². The lowest BCUT2D eigenvalue weighted by Crippen LogP contribution is -2.27. The summed E-state index contributed by atoms with van der Waals surface area (Å²) < 4.78 is 30.8. The second kappa shape index (κ2) is 8.98. The maximum Gasteiger partial charge on any atom is 0.224 e. The summed E-state index contributed by atoms with van der Waals surface area (Å²) in [6, 6.07) is 3.46. The largest absolute Gasteiger partial charge is 0.381 e. The van der Waals surface area contributed by atoms with E-state index in [1.807, 2.05) is 0 Å². The van der Waals surface area contributed by atoms with Crippen LogP contribution in [0.4, 0.5) is 8.78 Å². The molecule has 1 N–H and O–H groups in total. The fraction of sp³-hybridized carbons (Fsp3) is 0.462. The van der Waals surface area contributed by atoms with Crippen LogP contribution >= 0.6 is 15.9 Å². The van der Waals surface area contributed by atoms with Crippen LogP contribution in [0, 0.1) is 11.6 Å². The molecule has 3 nitrogen and oxygen atoms in total. The molecule has 6 heteroatoms. The molecule has 0 unspecified atom stereocenters. The van der Waals surface area contributed by atoms with Crippen LogP contribution in [-0.2, 0) is 16.0 Å². The molecule has 19 heavy (non-hydrogen) atoms. The Bertz CT molecular complexity index is 416. The van der Waals surface area contributed by atoms with Gasteiger partial charge < -0.3 is 10.1 Å². The molecule has 0 aliphatic carbocycles. The Kier molecular flexibility index (Phi) is 7.59. The molecular formula is C13H16BrF2NO2. The van der Waals surface area contributed by atoms with Crippen molar-refractivity contribution in [3.8, 4) is 0 Å². The van der Waals surface area contributed by atoms with Crippen molar-refractivity contribution in [1.29, 1.82) is 0 Å². The van der Waals surface area contributed by atoms with Crippen LogP contribution in [0.1, 0.15) is 12.0 Å². The van der Waals surface area contributed by atoms with Gasteiger partial charge in [0.1, 0.15) is 0 Å². The standard InChI is InChI=1S/C13H16BrF2NO2/c14-4-7-19-6-1-5-17-13(18)9-10-2-3-11(15)12(16)8-10/h2-3,8H,1,4-7,9H2,(H,17,18). The number of hydrogen-bond donors (Lipinski definition) is 1. The molecule has 1 aromatic rings. The van der Waals surface area contributed by atoms with Crippen LogP contribution in [0.15, 0.2) is 18.2 Å². The Labute approximate surface area is 119 Å². The molecule has 0 fully saturated rings. The number of benzene rings is 1. The van der Waals surface area contributed by atoms with Crippen molar-refractivity contribution in [3.05, 3.63) is 35.4 Å². The summed E-state index contributed by atoms with van der Waals surface area (Å²) in [4.78, 5) is 11.5. The van der Waals surface area contributed by atoms with E-state index in [4.69, 9.17) is 4.74 Å². The first-order valence-electron chi connectivity index (χ1n) is 5.98. The summed E-state index contributed by atoms with van der Waals surface area (Å²) in [7, 11) is 0. The molecule has 1 amide bonds. The summed E-state index contributed by atoms with van der Waals surface area (Å²) in [6.07, 6.45) is 0.760. The minimum Gasteiger partial charge on any atom is -0.381 e. The van der Waals surface area contributed by atoms with Gasteiger partial charge in [0.15, 0.2) is 11.6 Å². The lowest BCUT2D eigenvalue weighted by Gasteiger charge is -2.06. The molecular weight excluding hydrogens is 320 g/mol. The summed E-state index contributed by atoms with van der Waals surface area (Å²) in [5, 5.41) is 3.48. The van der Waals surface area contributed by atoms with Crippen LogP contribution < -0.4 is 5.32 Å². The Balaban J connectivity index is 2.21. The zero-order valence-electron chi connectivity index (χ0n) is 10.4. The van der Waals surface area contributed by atoms with Gasteiger partial charge in [-0.1, -0.05) is 22.0 Å². The first kappa shape index (κ1) is 16.0. The normalized spacial score (nSPS) is 10.5. The van der Waals surface area contributed by atoms with Crippen LogP contribution in [-0.4, -0.2) is 31.0 Å². The summed E-state index contributed by atoms with van der Waals surface area (Å²) in [5.74, 6) is -2.06. The van der Waals surface area contributed by atoms with Gasteiger partial charge in [0.05, 0.1) is 13.0 Å². The predicted molar refractivity (Wildman–Crippen MR) is 72.3 cm³/mol. The molecule has 0 radical (unpaired) electrons. The van der Waals surface area contributed by atoms with Crippen molar-refractivity contribution >= 4 is 21.8 Å². The summed E-state index contributed by atoms with van der Waals surface area (Å²) >= 11 is 3.24. The molecule has 0 saturated heterocycles. The minimum atomic E-state index is -0.937. The maximum absolute atomic E-state index is 12.9. The molecule has 0 aliphatic heterocycles. The molecule has 0 bridgehead atoms. The van der Waals surface area contributed by atoms with E-state index in [-0.39, 0.29) is 12.3 Å². The zero-order valence-corrected chi connectivity index (χ0v) is 12.0. The second-order valence-electron chi connectivity index (χ2n) is 3.93. The first-order valence-corrected chi connectivity index (χ1v) is 7.10. The molecule has 106 valence electrons. The van der Waals surface area contributed by atoms with E-state index in [2.05, 4.69) is 21.2 Å². The number of ether oxygens (including phenoxy) is 1. The highest BCUT2D eigenvalue weighted by Crippen LogP contribution is 2.09. The third-order valence-corrected chi connectivity index (χ3v) is 2.68. The number of rotatable bonds is 8. The smallest absolute Gasteiger partial charge is 0.224 e. The van der Waals surface area contributed by atoms with Crippen LogP contribution in [0.5, 0.6) is 0 Å². The minimum absolute atomic E-state index is 0.0411. The van der Waals surface area contributed by atoms with Gasteiger partial charge in [0.25, 0.3) is 0 Å². The Morgan fingerprint density at radius 3 is 2.74 bits per heavy atom. The highest BCUT2D eigenvalue weighted by molar-refractivity contribution is 9.09. The van der Waals surface area contributed by atoms with Crippen LogP contribution in [0.25, 0.3) is 0 Å². The summed E-state index contributed by atoms with van der Waals surface area (Å²) in [6.45, 7) is 1.73. The van der Waals surface area contributed by atoms with Gasteiger partial charge in [-0.3, -0.25) is 4.79 Å². The number of carbonyl (C=O) groups is 1.